The second kappa shape index (κ2) is 5.80. The summed E-state index contributed by atoms with van der Waals surface area (Å²) in [6.07, 6.45) is 1.90. The highest BCUT2D eigenvalue weighted by Gasteiger charge is 2.05. The van der Waals surface area contributed by atoms with Crippen LogP contribution < -0.4 is 10.1 Å². The van der Waals surface area contributed by atoms with E-state index in [-0.39, 0.29) is 0 Å². The minimum absolute atomic E-state index is 0.322. The van der Waals surface area contributed by atoms with Crippen LogP contribution in [0.3, 0.4) is 0 Å². The molecule has 0 bridgehead atoms. The second-order valence-corrected chi connectivity index (χ2v) is 4.81. The Hall–Kier alpha value is -1.39. The summed E-state index contributed by atoms with van der Waals surface area (Å²) >= 11 is 1.67. The number of nitrogens with one attached hydrogen (secondary N) is 1. The molecule has 0 aliphatic heterocycles. The summed E-state index contributed by atoms with van der Waals surface area (Å²) in [6, 6.07) is 8.47. The first kappa shape index (κ1) is 12.1. The van der Waals surface area contributed by atoms with Gasteiger partial charge in [0.05, 0.1) is 12.6 Å². The van der Waals surface area contributed by atoms with Crippen LogP contribution in [-0.4, -0.2) is 12.1 Å². The van der Waals surface area contributed by atoms with Gasteiger partial charge >= 0.3 is 0 Å². The number of hydrogen-bond acceptors (Lipinski definition) is 4. The van der Waals surface area contributed by atoms with E-state index in [1.807, 2.05) is 23.8 Å². The Bertz CT molecular complexity index is 439. The van der Waals surface area contributed by atoms with Crippen molar-refractivity contribution in [3.8, 4) is 5.75 Å². The van der Waals surface area contributed by atoms with Crippen molar-refractivity contribution in [1.29, 1.82) is 0 Å². The van der Waals surface area contributed by atoms with Gasteiger partial charge in [-0.1, -0.05) is 12.1 Å². The van der Waals surface area contributed by atoms with E-state index < -0.39 is 0 Å². The number of aromatic nitrogens is 1. The lowest BCUT2D eigenvalue weighted by atomic mass is 10.1. The van der Waals surface area contributed by atoms with Crippen molar-refractivity contribution in [2.24, 2.45) is 0 Å². The molecule has 3 nitrogen and oxygen atoms in total. The Labute approximate surface area is 105 Å². The molecule has 0 aliphatic carbocycles. The Kier molecular flexibility index (Phi) is 4.12. The molecule has 2 rings (SSSR count). The first-order chi connectivity index (χ1) is 8.29. The Morgan fingerprint density at radius 2 is 2.12 bits per heavy atom. The lowest BCUT2D eigenvalue weighted by Gasteiger charge is -2.13. The molecule has 0 saturated carbocycles. The SMILES string of the molecule is COc1ccc([C@H](C)NCc2cncs2)cc1. The topological polar surface area (TPSA) is 34.1 Å². The van der Waals surface area contributed by atoms with Crippen molar-refractivity contribution in [1.82, 2.24) is 10.3 Å². The smallest absolute Gasteiger partial charge is 0.118 e. The summed E-state index contributed by atoms with van der Waals surface area (Å²) in [5.74, 6) is 0.892. The molecular weight excluding hydrogens is 232 g/mol. The standard InChI is InChI=1S/C13H16N2OS/c1-10(15-8-13-7-14-9-17-13)11-3-5-12(16-2)6-4-11/h3-7,9-10,15H,8H2,1-2H3/t10-/m0/s1. The quantitative estimate of drug-likeness (QED) is 0.883. The molecule has 0 amide bonds. The third-order valence-corrected chi connectivity index (χ3v) is 3.46. The van der Waals surface area contributed by atoms with Gasteiger partial charge in [0.2, 0.25) is 0 Å². The predicted molar refractivity (Wildman–Crippen MR) is 70.4 cm³/mol. The molecule has 1 heterocycles. The lowest BCUT2D eigenvalue weighted by Crippen LogP contribution is -2.17. The average molecular weight is 248 g/mol. The zero-order chi connectivity index (χ0) is 12.1. The molecule has 1 atom stereocenters. The molecule has 0 aliphatic rings. The monoisotopic (exact) mass is 248 g/mol. The van der Waals surface area contributed by atoms with Crippen LogP contribution >= 0.6 is 11.3 Å². The largest absolute Gasteiger partial charge is 0.497 e. The highest BCUT2D eigenvalue weighted by atomic mass is 32.1. The van der Waals surface area contributed by atoms with Gasteiger partial charge in [0.25, 0.3) is 0 Å². The fraction of sp³-hybridized carbons (Fsp3) is 0.308. The van der Waals surface area contributed by atoms with Crippen LogP contribution in [0, 0.1) is 0 Å². The van der Waals surface area contributed by atoms with Gasteiger partial charge in [0, 0.05) is 23.7 Å². The van der Waals surface area contributed by atoms with Gasteiger partial charge in [-0.15, -0.1) is 11.3 Å². The summed E-state index contributed by atoms with van der Waals surface area (Å²) < 4.78 is 5.14. The molecule has 90 valence electrons. The fourth-order valence-electron chi connectivity index (χ4n) is 1.59. The van der Waals surface area contributed by atoms with E-state index in [0.29, 0.717) is 6.04 Å². The first-order valence-corrected chi connectivity index (χ1v) is 6.42. The highest BCUT2D eigenvalue weighted by molar-refractivity contribution is 7.09. The molecule has 17 heavy (non-hydrogen) atoms. The molecular formula is C13H16N2OS. The summed E-state index contributed by atoms with van der Waals surface area (Å²) in [5, 5.41) is 3.47. The van der Waals surface area contributed by atoms with E-state index in [9.17, 15) is 0 Å². The summed E-state index contributed by atoms with van der Waals surface area (Å²) in [6.45, 7) is 3.01. The molecule has 0 saturated heterocycles. The second-order valence-electron chi connectivity index (χ2n) is 3.84. The molecule has 1 aromatic carbocycles. The lowest BCUT2D eigenvalue weighted by molar-refractivity contribution is 0.414. The van der Waals surface area contributed by atoms with Crippen molar-refractivity contribution >= 4 is 11.3 Å². The molecule has 1 aromatic heterocycles. The van der Waals surface area contributed by atoms with Crippen molar-refractivity contribution in [2.45, 2.75) is 19.5 Å². The Balaban J connectivity index is 1.92. The fourth-order valence-corrected chi connectivity index (χ4v) is 2.14. The van der Waals surface area contributed by atoms with Crippen LogP contribution in [0.1, 0.15) is 23.4 Å². The highest BCUT2D eigenvalue weighted by Crippen LogP contribution is 2.18. The van der Waals surface area contributed by atoms with E-state index in [1.54, 1.807) is 18.4 Å². The number of hydrogen-bond donors (Lipinski definition) is 1. The molecule has 0 fully saturated rings. The summed E-state index contributed by atoms with van der Waals surface area (Å²) in [5.41, 5.74) is 3.12. The van der Waals surface area contributed by atoms with Gasteiger partial charge in [-0.2, -0.15) is 0 Å². The maximum absolute atomic E-state index is 5.14. The van der Waals surface area contributed by atoms with Gasteiger partial charge in [0.1, 0.15) is 5.75 Å². The molecule has 2 aromatic rings. The maximum atomic E-state index is 5.14. The van der Waals surface area contributed by atoms with E-state index in [4.69, 9.17) is 4.74 Å². The van der Waals surface area contributed by atoms with Gasteiger partial charge in [-0.25, -0.2) is 0 Å². The zero-order valence-corrected chi connectivity index (χ0v) is 10.8. The number of nitrogens with zero attached hydrogens (tertiary/aromatic N) is 1. The third kappa shape index (κ3) is 3.28. The van der Waals surface area contributed by atoms with Crippen molar-refractivity contribution < 1.29 is 4.74 Å². The van der Waals surface area contributed by atoms with Gasteiger partial charge in [-0.3, -0.25) is 4.98 Å². The summed E-state index contributed by atoms with van der Waals surface area (Å²) in [4.78, 5) is 5.31. The minimum Gasteiger partial charge on any atom is -0.497 e. The van der Waals surface area contributed by atoms with E-state index in [2.05, 4.69) is 29.4 Å². The van der Waals surface area contributed by atoms with Gasteiger partial charge in [-0.05, 0) is 24.6 Å². The minimum atomic E-state index is 0.322. The third-order valence-electron chi connectivity index (χ3n) is 2.68. The van der Waals surface area contributed by atoms with Crippen LogP contribution in [0.25, 0.3) is 0 Å². The normalized spacial score (nSPS) is 12.4. The Morgan fingerprint density at radius 3 is 2.71 bits per heavy atom. The zero-order valence-electron chi connectivity index (χ0n) is 10.0. The van der Waals surface area contributed by atoms with Gasteiger partial charge < -0.3 is 10.1 Å². The number of benzene rings is 1. The molecule has 0 spiro atoms. The van der Waals surface area contributed by atoms with E-state index in [0.717, 1.165) is 12.3 Å². The number of rotatable bonds is 5. The van der Waals surface area contributed by atoms with Crippen LogP contribution in [0.15, 0.2) is 36.0 Å². The molecule has 0 radical (unpaired) electrons. The van der Waals surface area contributed by atoms with Crippen molar-refractivity contribution in [2.75, 3.05) is 7.11 Å². The number of thiazole rings is 1. The van der Waals surface area contributed by atoms with Crippen LogP contribution in [0.5, 0.6) is 5.75 Å². The summed E-state index contributed by atoms with van der Waals surface area (Å²) in [7, 11) is 1.68. The maximum Gasteiger partial charge on any atom is 0.118 e. The molecule has 1 N–H and O–H groups in total. The molecule has 4 heteroatoms. The van der Waals surface area contributed by atoms with Crippen LogP contribution in [0.4, 0.5) is 0 Å². The molecule has 0 unspecified atom stereocenters. The Morgan fingerprint density at radius 1 is 1.35 bits per heavy atom. The van der Waals surface area contributed by atoms with Crippen LogP contribution in [0.2, 0.25) is 0 Å². The van der Waals surface area contributed by atoms with Gasteiger partial charge in [0.15, 0.2) is 0 Å². The van der Waals surface area contributed by atoms with Crippen molar-refractivity contribution in [3.63, 3.8) is 0 Å². The number of ether oxygens (including phenoxy) is 1. The van der Waals surface area contributed by atoms with Crippen molar-refractivity contribution in [3.05, 3.63) is 46.4 Å². The van der Waals surface area contributed by atoms with E-state index in [1.165, 1.54) is 10.4 Å². The number of methoxy groups -OCH3 is 1. The van der Waals surface area contributed by atoms with E-state index >= 15 is 0 Å². The predicted octanol–water partition coefficient (Wildman–Crippen LogP) is 3.00. The van der Waals surface area contributed by atoms with Crippen LogP contribution in [-0.2, 0) is 6.54 Å². The first-order valence-electron chi connectivity index (χ1n) is 5.54. The average Bonchev–Trinajstić information content (AvgIpc) is 2.89.